The highest BCUT2D eigenvalue weighted by Crippen LogP contribution is 2.53. The zero-order chi connectivity index (χ0) is 22.4. The Balaban J connectivity index is 2.06. The normalized spacial score (nSPS) is 16.8. The third-order valence-corrected chi connectivity index (χ3v) is 7.09. The number of nitrogens with one attached hydrogen (secondary N) is 1. The van der Waals surface area contributed by atoms with Crippen molar-refractivity contribution in [3.63, 3.8) is 0 Å². The summed E-state index contributed by atoms with van der Waals surface area (Å²) in [7, 11) is 1.47. The minimum absolute atomic E-state index is 0.224. The maximum atomic E-state index is 12.6. The molecule has 1 saturated carbocycles. The molecule has 166 valence electrons. The van der Waals surface area contributed by atoms with E-state index in [2.05, 4.69) is 96.3 Å². The van der Waals surface area contributed by atoms with Crippen molar-refractivity contribution < 1.29 is 9.53 Å². The first-order valence-corrected chi connectivity index (χ1v) is 11.7. The van der Waals surface area contributed by atoms with Gasteiger partial charge in [0.15, 0.2) is 0 Å². The Hall–Kier alpha value is -2.91. The summed E-state index contributed by atoms with van der Waals surface area (Å²) in [5, 5.41) is 3.84. The number of hydrogen-bond acceptors (Lipinski definition) is 3. The Kier molecular flexibility index (Phi) is 6.76. The van der Waals surface area contributed by atoms with E-state index in [0.29, 0.717) is 0 Å². The van der Waals surface area contributed by atoms with Gasteiger partial charge in [-0.05, 0) is 36.5 Å². The highest BCUT2D eigenvalue weighted by Gasteiger charge is 2.55. The van der Waals surface area contributed by atoms with E-state index in [1.807, 2.05) is 6.92 Å². The van der Waals surface area contributed by atoms with Gasteiger partial charge in [0, 0.05) is 5.54 Å². The van der Waals surface area contributed by atoms with Crippen LogP contribution in [0.25, 0.3) is 0 Å². The lowest BCUT2D eigenvalue weighted by molar-refractivity contribution is -0.143. The summed E-state index contributed by atoms with van der Waals surface area (Å²) in [4.78, 5) is 12.6. The molecule has 0 unspecified atom stereocenters. The van der Waals surface area contributed by atoms with Gasteiger partial charge in [-0.15, -0.1) is 0 Å². The first kappa shape index (κ1) is 22.3. The van der Waals surface area contributed by atoms with Crippen molar-refractivity contribution in [2.24, 2.45) is 0 Å². The largest absolute Gasteiger partial charge is 0.468 e. The van der Waals surface area contributed by atoms with Crippen LogP contribution in [0.4, 0.5) is 0 Å². The Morgan fingerprint density at radius 3 is 1.56 bits per heavy atom. The summed E-state index contributed by atoms with van der Waals surface area (Å²) >= 11 is 0. The van der Waals surface area contributed by atoms with E-state index in [0.717, 1.165) is 25.7 Å². The summed E-state index contributed by atoms with van der Waals surface area (Å²) in [5.74, 6) is -0.224. The minimum atomic E-state index is -0.459. The fraction of sp³-hybridized carbons (Fsp3) is 0.345. The summed E-state index contributed by atoms with van der Waals surface area (Å²) in [6.45, 7) is 1.92. The smallest absolute Gasteiger partial charge is 0.322 e. The molecule has 4 rings (SSSR count). The number of carbonyl (C=O) groups is 1. The van der Waals surface area contributed by atoms with E-state index < -0.39 is 11.5 Å². The molecule has 1 fully saturated rings. The summed E-state index contributed by atoms with van der Waals surface area (Å²) in [6.07, 6.45) is 5.41. The lowest BCUT2D eigenvalue weighted by Crippen LogP contribution is -2.65. The van der Waals surface area contributed by atoms with Crippen molar-refractivity contribution in [1.82, 2.24) is 5.32 Å². The van der Waals surface area contributed by atoms with Gasteiger partial charge in [0.05, 0.1) is 12.5 Å². The average Bonchev–Trinajstić information content (AvgIpc) is 2.86. The highest BCUT2D eigenvalue weighted by atomic mass is 16.5. The van der Waals surface area contributed by atoms with Crippen LogP contribution in [0.15, 0.2) is 91.0 Å². The predicted octanol–water partition coefficient (Wildman–Crippen LogP) is 5.88. The van der Waals surface area contributed by atoms with Crippen molar-refractivity contribution in [1.29, 1.82) is 0 Å². The molecule has 1 aliphatic rings. The molecule has 1 N–H and O–H groups in total. The van der Waals surface area contributed by atoms with Crippen molar-refractivity contribution in [3.05, 3.63) is 108 Å². The fourth-order valence-corrected chi connectivity index (χ4v) is 5.83. The van der Waals surface area contributed by atoms with Gasteiger partial charge in [-0.1, -0.05) is 110 Å². The highest BCUT2D eigenvalue weighted by molar-refractivity contribution is 5.75. The molecule has 1 aliphatic carbocycles. The van der Waals surface area contributed by atoms with Crippen molar-refractivity contribution in [2.45, 2.75) is 56.0 Å². The fourth-order valence-electron chi connectivity index (χ4n) is 5.83. The third-order valence-electron chi connectivity index (χ3n) is 7.09. The number of esters is 1. The summed E-state index contributed by atoms with van der Waals surface area (Å²) < 4.78 is 5.13. The van der Waals surface area contributed by atoms with Crippen LogP contribution in [0.2, 0.25) is 0 Å². The van der Waals surface area contributed by atoms with Gasteiger partial charge in [-0.3, -0.25) is 10.1 Å². The van der Waals surface area contributed by atoms with Gasteiger partial charge >= 0.3 is 5.97 Å². The van der Waals surface area contributed by atoms with E-state index >= 15 is 0 Å². The van der Waals surface area contributed by atoms with Gasteiger partial charge < -0.3 is 4.74 Å². The molecular formula is C29H33NO2. The SMILES string of the molecule is COC(=O)[C@H](C)NC1(C(c2ccccc2)(c2ccccc2)c2ccccc2)CCCCC1. The molecule has 3 nitrogen and oxygen atoms in total. The third kappa shape index (κ3) is 3.86. The molecule has 0 saturated heterocycles. The lowest BCUT2D eigenvalue weighted by atomic mass is 9.53. The molecule has 0 radical (unpaired) electrons. The topological polar surface area (TPSA) is 38.3 Å². The first-order chi connectivity index (χ1) is 15.6. The van der Waals surface area contributed by atoms with E-state index in [1.165, 1.54) is 30.2 Å². The van der Waals surface area contributed by atoms with Crippen LogP contribution in [-0.2, 0) is 14.9 Å². The van der Waals surface area contributed by atoms with Gasteiger partial charge in [0.2, 0.25) is 0 Å². The molecule has 3 aromatic carbocycles. The molecule has 3 aromatic rings. The molecule has 0 aromatic heterocycles. The zero-order valence-electron chi connectivity index (χ0n) is 19.1. The number of rotatable bonds is 7. The second-order valence-electron chi connectivity index (χ2n) is 8.88. The Morgan fingerprint density at radius 1 is 0.781 bits per heavy atom. The Labute approximate surface area is 191 Å². The number of ether oxygens (including phenoxy) is 1. The maximum Gasteiger partial charge on any atom is 0.322 e. The van der Waals surface area contributed by atoms with Crippen LogP contribution in [0.1, 0.15) is 55.7 Å². The molecule has 0 amide bonds. The number of carbonyl (C=O) groups excluding carboxylic acids is 1. The van der Waals surface area contributed by atoms with Crippen molar-refractivity contribution in [3.8, 4) is 0 Å². The molecule has 0 aliphatic heterocycles. The molecule has 0 heterocycles. The number of hydrogen-bond donors (Lipinski definition) is 1. The molecule has 1 atom stereocenters. The van der Waals surface area contributed by atoms with Crippen LogP contribution >= 0.6 is 0 Å². The monoisotopic (exact) mass is 427 g/mol. The number of benzene rings is 3. The molecule has 32 heavy (non-hydrogen) atoms. The van der Waals surface area contributed by atoms with Crippen LogP contribution in [-0.4, -0.2) is 24.7 Å². The van der Waals surface area contributed by atoms with Crippen LogP contribution in [0.5, 0.6) is 0 Å². The molecule has 0 bridgehead atoms. The Bertz CT molecular complexity index is 898. The minimum Gasteiger partial charge on any atom is -0.468 e. The zero-order valence-corrected chi connectivity index (χ0v) is 19.1. The Morgan fingerprint density at radius 2 is 1.19 bits per heavy atom. The van der Waals surface area contributed by atoms with Crippen LogP contribution in [0, 0.1) is 0 Å². The van der Waals surface area contributed by atoms with Crippen molar-refractivity contribution >= 4 is 5.97 Å². The van der Waals surface area contributed by atoms with E-state index in [1.54, 1.807) is 0 Å². The van der Waals surface area contributed by atoms with Gasteiger partial charge in [-0.2, -0.15) is 0 Å². The second-order valence-corrected chi connectivity index (χ2v) is 8.88. The van der Waals surface area contributed by atoms with E-state index in [4.69, 9.17) is 4.74 Å². The van der Waals surface area contributed by atoms with Crippen LogP contribution < -0.4 is 5.32 Å². The maximum absolute atomic E-state index is 12.6. The second kappa shape index (κ2) is 9.70. The standard InChI is InChI=1S/C29H33NO2/c1-23(27(31)32-2)30-28(21-13-6-14-22-28)29(24-15-7-3-8-16-24,25-17-9-4-10-18-25)26-19-11-5-12-20-26/h3-5,7-12,15-20,23,30H,6,13-14,21-22H2,1-2H3/t23-/m0/s1. The molecule has 3 heteroatoms. The van der Waals surface area contributed by atoms with Gasteiger partial charge in [-0.25, -0.2) is 0 Å². The van der Waals surface area contributed by atoms with Crippen LogP contribution in [0.3, 0.4) is 0 Å². The number of methoxy groups -OCH3 is 1. The first-order valence-electron chi connectivity index (χ1n) is 11.7. The van der Waals surface area contributed by atoms with E-state index in [-0.39, 0.29) is 11.5 Å². The predicted molar refractivity (Wildman–Crippen MR) is 130 cm³/mol. The lowest BCUT2D eigenvalue weighted by Gasteiger charge is -2.55. The van der Waals surface area contributed by atoms with Gasteiger partial charge in [0.25, 0.3) is 0 Å². The molecule has 0 spiro atoms. The van der Waals surface area contributed by atoms with Crippen molar-refractivity contribution in [2.75, 3.05) is 7.11 Å². The molecular weight excluding hydrogens is 394 g/mol. The summed E-state index contributed by atoms with van der Waals surface area (Å²) in [5.41, 5.74) is 2.92. The summed E-state index contributed by atoms with van der Waals surface area (Å²) in [6, 6.07) is 32.0. The quantitative estimate of drug-likeness (QED) is 0.378. The van der Waals surface area contributed by atoms with Gasteiger partial charge in [0.1, 0.15) is 6.04 Å². The average molecular weight is 428 g/mol. The van der Waals surface area contributed by atoms with E-state index in [9.17, 15) is 4.79 Å².